The zero-order valence-electron chi connectivity index (χ0n) is 11.4. The van der Waals surface area contributed by atoms with Crippen molar-refractivity contribution in [2.24, 2.45) is 0 Å². The zero-order chi connectivity index (χ0) is 14.9. The van der Waals surface area contributed by atoms with Crippen LogP contribution in [0.25, 0.3) is 0 Å². The lowest BCUT2D eigenvalue weighted by Gasteiger charge is -2.48. The summed E-state index contributed by atoms with van der Waals surface area (Å²) in [6.07, 6.45) is -4.10. The minimum absolute atomic E-state index is 0.165. The van der Waals surface area contributed by atoms with Gasteiger partial charge in [0, 0.05) is 20.8 Å². The zero-order valence-corrected chi connectivity index (χ0v) is 11.4. The fourth-order valence-corrected chi connectivity index (χ4v) is 2.31. The third-order valence-corrected chi connectivity index (χ3v) is 2.93. The molecule has 0 N–H and O–H groups in total. The fourth-order valence-electron chi connectivity index (χ4n) is 2.31. The molecule has 2 bridgehead atoms. The molecule has 112 valence electrons. The molecule has 20 heavy (non-hydrogen) atoms. The Hall–Kier alpha value is -1.67. The van der Waals surface area contributed by atoms with Crippen molar-refractivity contribution >= 4 is 17.9 Å². The van der Waals surface area contributed by atoms with Crippen LogP contribution in [0.1, 0.15) is 20.8 Å². The van der Waals surface area contributed by atoms with E-state index in [-0.39, 0.29) is 6.61 Å². The van der Waals surface area contributed by atoms with Crippen LogP contribution in [0.4, 0.5) is 0 Å². The van der Waals surface area contributed by atoms with Crippen molar-refractivity contribution in [3.63, 3.8) is 0 Å². The molecule has 3 rings (SSSR count). The third kappa shape index (κ3) is 3.07. The second kappa shape index (κ2) is 5.76. The third-order valence-electron chi connectivity index (χ3n) is 2.93. The van der Waals surface area contributed by atoms with E-state index in [0.717, 1.165) is 0 Å². The number of ether oxygens (including phenoxy) is 5. The number of esters is 3. The summed E-state index contributed by atoms with van der Waals surface area (Å²) in [5.74, 6) is -1.62. The van der Waals surface area contributed by atoms with E-state index in [2.05, 4.69) is 0 Å². The van der Waals surface area contributed by atoms with Crippen LogP contribution in [-0.4, -0.2) is 55.2 Å². The average Bonchev–Trinajstić information content (AvgIpc) is 2.31. The van der Waals surface area contributed by atoms with Crippen molar-refractivity contribution in [3.05, 3.63) is 0 Å². The summed E-state index contributed by atoms with van der Waals surface area (Å²) in [4.78, 5) is 33.3. The van der Waals surface area contributed by atoms with Crippen molar-refractivity contribution in [2.45, 2.75) is 51.5 Å². The molecule has 0 aliphatic carbocycles. The van der Waals surface area contributed by atoms with Gasteiger partial charge in [-0.2, -0.15) is 0 Å². The Balaban J connectivity index is 2.17. The minimum atomic E-state index is -0.984. The lowest BCUT2D eigenvalue weighted by molar-refractivity contribution is -0.346. The summed E-state index contributed by atoms with van der Waals surface area (Å²) < 4.78 is 26.2. The Kier molecular flexibility index (Phi) is 4.24. The Labute approximate surface area is 115 Å². The Morgan fingerprint density at radius 1 is 0.900 bits per heavy atom. The van der Waals surface area contributed by atoms with Crippen LogP contribution in [0.5, 0.6) is 0 Å². The Morgan fingerprint density at radius 2 is 1.45 bits per heavy atom. The SMILES string of the molecule is CC(=O)O[C@@H]1O[C@@H]2CO[C@H]1[C@H](OC(C)=O)[C@H]2OC(C)=O. The normalized spacial score (nSPS) is 35.2. The standard InChI is InChI=1S/C12H16O8/c1-5(13)17-9-8-4-16-11(10(9)18-6(2)14)12(20-8)19-7(3)15/h8-12H,4H2,1-3H3/t8-,9+,10-,11+,12-/m1/s1. The first kappa shape index (κ1) is 14.7. The summed E-state index contributed by atoms with van der Waals surface area (Å²) >= 11 is 0. The van der Waals surface area contributed by atoms with Gasteiger partial charge in [-0.3, -0.25) is 14.4 Å². The molecule has 3 saturated heterocycles. The van der Waals surface area contributed by atoms with E-state index < -0.39 is 48.6 Å². The van der Waals surface area contributed by atoms with Crippen LogP contribution in [0.3, 0.4) is 0 Å². The Morgan fingerprint density at radius 3 is 2.00 bits per heavy atom. The number of carbonyl (C=O) groups excluding carboxylic acids is 3. The molecule has 8 nitrogen and oxygen atoms in total. The maximum atomic E-state index is 11.2. The summed E-state index contributed by atoms with van der Waals surface area (Å²) in [6.45, 7) is 3.88. The van der Waals surface area contributed by atoms with Crippen molar-refractivity contribution in [1.29, 1.82) is 0 Å². The molecule has 5 atom stereocenters. The number of fused-ring (bicyclic) bond motifs is 3. The van der Waals surface area contributed by atoms with Gasteiger partial charge >= 0.3 is 17.9 Å². The molecule has 3 heterocycles. The first-order valence-corrected chi connectivity index (χ1v) is 6.17. The van der Waals surface area contributed by atoms with Crippen LogP contribution >= 0.6 is 0 Å². The van der Waals surface area contributed by atoms with Gasteiger partial charge in [0.2, 0.25) is 6.29 Å². The highest BCUT2D eigenvalue weighted by Crippen LogP contribution is 2.34. The number of hydrogen-bond acceptors (Lipinski definition) is 8. The molecule has 0 radical (unpaired) electrons. The molecular weight excluding hydrogens is 272 g/mol. The molecule has 0 aromatic rings. The quantitative estimate of drug-likeness (QED) is 0.508. The first-order valence-electron chi connectivity index (χ1n) is 6.17. The molecule has 0 unspecified atom stereocenters. The molecule has 0 amide bonds. The van der Waals surface area contributed by atoms with E-state index in [0.29, 0.717) is 0 Å². The van der Waals surface area contributed by atoms with Crippen LogP contribution in [0.2, 0.25) is 0 Å². The van der Waals surface area contributed by atoms with Crippen LogP contribution in [-0.2, 0) is 38.1 Å². The van der Waals surface area contributed by atoms with Gasteiger partial charge in [-0.05, 0) is 0 Å². The molecule has 0 aromatic carbocycles. The maximum absolute atomic E-state index is 11.2. The topological polar surface area (TPSA) is 97.4 Å². The van der Waals surface area contributed by atoms with E-state index in [9.17, 15) is 14.4 Å². The summed E-state index contributed by atoms with van der Waals surface area (Å²) in [5, 5.41) is 0. The van der Waals surface area contributed by atoms with Gasteiger partial charge < -0.3 is 23.7 Å². The average molecular weight is 288 g/mol. The summed E-state index contributed by atoms with van der Waals surface area (Å²) in [6, 6.07) is 0. The van der Waals surface area contributed by atoms with Gasteiger partial charge in [-0.15, -0.1) is 0 Å². The highest BCUT2D eigenvalue weighted by Gasteiger charge is 2.56. The molecule has 3 fully saturated rings. The van der Waals surface area contributed by atoms with Gasteiger partial charge in [0.1, 0.15) is 6.10 Å². The van der Waals surface area contributed by atoms with Crippen LogP contribution in [0.15, 0.2) is 0 Å². The monoisotopic (exact) mass is 288 g/mol. The van der Waals surface area contributed by atoms with Gasteiger partial charge in [0.25, 0.3) is 0 Å². The second-order valence-corrected chi connectivity index (χ2v) is 4.60. The maximum Gasteiger partial charge on any atom is 0.305 e. The summed E-state index contributed by atoms with van der Waals surface area (Å²) in [5.41, 5.74) is 0. The highest BCUT2D eigenvalue weighted by molar-refractivity contribution is 5.68. The van der Waals surface area contributed by atoms with E-state index in [1.807, 2.05) is 0 Å². The largest absolute Gasteiger partial charge is 0.456 e. The first-order chi connectivity index (χ1) is 9.38. The van der Waals surface area contributed by atoms with E-state index in [4.69, 9.17) is 23.7 Å². The number of hydrogen-bond donors (Lipinski definition) is 0. The van der Waals surface area contributed by atoms with Crippen LogP contribution in [0, 0.1) is 0 Å². The molecular formula is C12H16O8. The van der Waals surface area contributed by atoms with Gasteiger partial charge in [-0.1, -0.05) is 0 Å². The number of rotatable bonds is 3. The van der Waals surface area contributed by atoms with E-state index in [1.165, 1.54) is 20.8 Å². The van der Waals surface area contributed by atoms with Crippen LogP contribution < -0.4 is 0 Å². The Bertz CT molecular complexity index is 420. The number of carbonyl (C=O) groups is 3. The predicted molar refractivity (Wildman–Crippen MR) is 61.3 cm³/mol. The van der Waals surface area contributed by atoms with Crippen molar-refractivity contribution in [3.8, 4) is 0 Å². The lowest BCUT2D eigenvalue weighted by Crippen LogP contribution is -2.67. The molecule has 0 aromatic heterocycles. The van der Waals surface area contributed by atoms with Gasteiger partial charge in [-0.25, -0.2) is 0 Å². The minimum Gasteiger partial charge on any atom is -0.456 e. The van der Waals surface area contributed by atoms with Crippen molar-refractivity contribution in [1.82, 2.24) is 0 Å². The summed E-state index contributed by atoms with van der Waals surface area (Å²) in [7, 11) is 0. The smallest absolute Gasteiger partial charge is 0.305 e. The lowest BCUT2D eigenvalue weighted by atomic mass is 9.95. The second-order valence-electron chi connectivity index (χ2n) is 4.60. The molecule has 3 aliphatic heterocycles. The van der Waals surface area contributed by atoms with Crippen molar-refractivity contribution in [2.75, 3.05) is 6.61 Å². The van der Waals surface area contributed by atoms with E-state index >= 15 is 0 Å². The molecule has 8 heteroatoms. The van der Waals surface area contributed by atoms with E-state index in [1.54, 1.807) is 0 Å². The fraction of sp³-hybridized carbons (Fsp3) is 0.750. The molecule has 3 aliphatic rings. The highest BCUT2D eigenvalue weighted by atomic mass is 16.8. The van der Waals surface area contributed by atoms with Crippen molar-refractivity contribution < 1.29 is 38.1 Å². The van der Waals surface area contributed by atoms with Gasteiger partial charge in [0.05, 0.1) is 6.61 Å². The molecule has 0 spiro atoms. The predicted octanol–water partition coefficient (Wildman–Crippen LogP) is -0.463. The molecule has 0 saturated carbocycles. The van der Waals surface area contributed by atoms with Gasteiger partial charge in [0.15, 0.2) is 18.3 Å².